The Morgan fingerprint density at radius 3 is 2.21 bits per heavy atom. The minimum absolute atomic E-state index is 0.00223. The average Bonchev–Trinajstić information content (AvgIpc) is 2.50. The lowest BCUT2D eigenvalue weighted by atomic mass is 9.96. The zero-order valence-corrected chi connectivity index (χ0v) is 15.9. The molecule has 1 aliphatic rings. The van der Waals surface area contributed by atoms with Crippen LogP contribution in [0.1, 0.15) is 42.9 Å². The van der Waals surface area contributed by atoms with Crippen LogP contribution in [-0.2, 0) is 14.8 Å². The first kappa shape index (κ1) is 18.9. The van der Waals surface area contributed by atoms with Crippen LogP contribution in [0.25, 0.3) is 0 Å². The van der Waals surface area contributed by atoms with Crippen molar-refractivity contribution in [1.29, 1.82) is 0 Å². The summed E-state index contributed by atoms with van der Waals surface area (Å²) >= 11 is 0. The van der Waals surface area contributed by atoms with Crippen molar-refractivity contribution >= 4 is 21.6 Å². The van der Waals surface area contributed by atoms with Crippen molar-refractivity contribution in [2.75, 3.05) is 24.2 Å². The van der Waals surface area contributed by atoms with Crippen LogP contribution in [0.5, 0.6) is 0 Å². The van der Waals surface area contributed by atoms with Crippen LogP contribution in [0.3, 0.4) is 0 Å². The molecule has 1 aliphatic heterocycles. The first-order valence-corrected chi connectivity index (χ1v) is 10.2. The Balaban J connectivity index is 1.99. The molecule has 0 saturated carbocycles. The molecule has 1 fully saturated rings. The molecule has 0 unspecified atom stereocenters. The predicted octanol–water partition coefficient (Wildman–Crippen LogP) is 3.00. The molecule has 1 heterocycles. The molecule has 0 aliphatic carbocycles. The number of carbonyl (C=O) groups is 1. The summed E-state index contributed by atoms with van der Waals surface area (Å²) in [4.78, 5) is 12.6. The number of hydrogen-bond donors (Lipinski definition) is 1. The van der Waals surface area contributed by atoms with E-state index in [0.29, 0.717) is 32.4 Å². The van der Waals surface area contributed by atoms with Gasteiger partial charge in [-0.15, -0.1) is 0 Å². The first-order chi connectivity index (χ1) is 11.2. The van der Waals surface area contributed by atoms with Crippen molar-refractivity contribution < 1.29 is 13.2 Å². The molecule has 0 atom stereocenters. The molecule has 0 spiro atoms. The number of amides is 1. The van der Waals surface area contributed by atoms with Crippen LogP contribution in [0.2, 0.25) is 0 Å². The molecule has 1 amide bonds. The number of carbonyl (C=O) groups excluding carboxylic acids is 1. The second-order valence-electron chi connectivity index (χ2n) is 6.75. The molecular formula is C18H28N2O3S. The smallest absolute Gasteiger partial charge is 0.227 e. The zero-order chi connectivity index (χ0) is 17.9. The predicted molar refractivity (Wildman–Crippen MR) is 97.7 cm³/mol. The lowest BCUT2D eigenvalue weighted by molar-refractivity contribution is -0.120. The first-order valence-electron chi connectivity index (χ1n) is 8.61. The molecule has 2 rings (SSSR count). The van der Waals surface area contributed by atoms with Crippen molar-refractivity contribution in [3.63, 3.8) is 0 Å². The van der Waals surface area contributed by atoms with E-state index in [0.717, 1.165) is 16.8 Å². The number of piperidine rings is 1. The van der Waals surface area contributed by atoms with E-state index < -0.39 is 10.0 Å². The molecule has 0 bridgehead atoms. The molecule has 24 heavy (non-hydrogen) atoms. The van der Waals surface area contributed by atoms with Gasteiger partial charge in [-0.05, 0) is 51.2 Å². The van der Waals surface area contributed by atoms with Crippen molar-refractivity contribution in [1.82, 2.24) is 4.31 Å². The van der Waals surface area contributed by atoms with Crippen molar-refractivity contribution in [3.8, 4) is 0 Å². The van der Waals surface area contributed by atoms with E-state index in [1.165, 1.54) is 9.87 Å². The van der Waals surface area contributed by atoms with Gasteiger partial charge < -0.3 is 5.32 Å². The van der Waals surface area contributed by atoms with Crippen LogP contribution in [0.4, 0.5) is 5.69 Å². The summed E-state index contributed by atoms with van der Waals surface area (Å²) in [6.45, 7) is 8.77. The Morgan fingerprint density at radius 2 is 1.71 bits per heavy atom. The van der Waals surface area contributed by atoms with E-state index in [1.807, 2.05) is 27.7 Å². The summed E-state index contributed by atoms with van der Waals surface area (Å²) in [6, 6.07) is 4.12. The van der Waals surface area contributed by atoms with Gasteiger partial charge in [0.1, 0.15) is 0 Å². The number of anilines is 1. The molecule has 6 heteroatoms. The largest absolute Gasteiger partial charge is 0.325 e. The van der Waals surface area contributed by atoms with Gasteiger partial charge in [0.05, 0.1) is 5.75 Å². The minimum atomic E-state index is -3.16. The topological polar surface area (TPSA) is 66.5 Å². The molecule has 1 N–H and O–H groups in total. The van der Waals surface area contributed by atoms with Crippen molar-refractivity contribution in [3.05, 3.63) is 28.8 Å². The molecule has 1 saturated heterocycles. The highest BCUT2D eigenvalue weighted by atomic mass is 32.2. The van der Waals surface area contributed by atoms with Gasteiger partial charge >= 0.3 is 0 Å². The van der Waals surface area contributed by atoms with Gasteiger partial charge in [0.2, 0.25) is 15.9 Å². The van der Waals surface area contributed by atoms with E-state index in [9.17, 15) is 13.2 Å². The Hall–Kier alpha value is -1.40. The number of hydrogen-bond acceptors (Lipinski definition) is 3. The SMILES string of the molecule is CCCS(=O)(=O)N1CCC(C(=O)Nc2c(C)cc(C)cc2C)CC1. The van der Waals surface area contributed by atoms with Gasteiger partial charge in [-0.3, -0.25) is 4.79 Å². The highest BCUT2D eigenvalue weighted by molar-refractivity contribution is 7.89. The van der Waals surface area contributed by atoms with E-state index in [4.69, 9.17) is 0 Å². The molecule has 0 radical (unpaired) electrons. The summed E-state index contributed by atoms with van der Waals surface area (Å²) in [5, 5.41) is 3.05. The molecule has 5 nitrogen and oxygen atoms in total. The van der Waals surface area contributed by atoms with E-state index in [1.54, 1.807) is 0 Å². The normalized spacial score (nSPS) is 17.0. The van der Waals surface area contributed by atoms with Crippen LogP contribution in [0.15, 0.2) is 12.1 Å². The van der Waals surface area contributed by atoms with Gasteiger partial charge in [0, 0.05) is 24.7 Å². The van der Waals surface area contributed by atoms with E-state index in [-0.39, 0.29) is 17.6 Å². The number of sulfonamides is 1. The van der Waals surface area contributed by atoms with Crippen LogP contribution in [-0.4, -0.2) is 37.5 Å². The highest BCUT2D eigenvalue weighted by Crippen LogP contribution is 2.25. The van der Waals surface area contributed by atoms with Crippen LogP contribution < -0.4 is 5.32 Å². The Morgan fingerprint density at radius 1 is 1.17 bits per heavy atom. The summed E-state index contributed by atoms with van der Waals surface area (Å²) < 4.78 is 25.7. The summed E-state index contributed by atoms with van der Waals surface area (Å²) in [5.74, 6) is 0.0572. The Bertz CT molecular complexity index is 682. The summed E-state index contributed by atoms with van der Waals surface area (Å²) in [5.41, 5.74) is 4.18. The van der Waals surface area contributed by atoms with Gasteiger partial charge in [0.25, 0.3) is 0 Å². The molecule has 1 aromatic carbocycles. The van der Waals surface area contributed by atoms with Crippen LogP contribution >= 0.6 is 0 Å². The Labute approximate surface area is 145 Å². The maximum atomic E-state index is 12.6. The maximum absolute atomic E-state index is 12.6. The number of rotatable bonds is 5. The third-order valence-corrected chi connectivity index (χ3v) is 6.68. The number of nitrogens with zero attached hydrogens (tertiary/aromatic N) is 1. The van der Waals surface area contributed by atoms with Crippen LogP contribution in [0, 0.1) is 26.7 Å². The average molecular weight is 353 g/mol. The van der Waals surface area contributed by atoms with Crippen molar-refractivity contribution in [2.24, 2.45) is 5.92 Å². The van der Waals surface area contributed by atoms with Gasteiger partial charge in [0.15, 0.2) is 0 Å². The Kier molecular flexibility index (Phi) is 6.04. The fraction of sp³-hybridized carbons (Fsp3) is 0.611. The molecule has 0 aromatic heterocycles. The lowest BCUT2D eigenvalue weighted by Gasteiger charge is -2.30. The lowest BCUT2D eigenvalue weighted by Crippen LogP contribution is -2.42. The minimum Gasteiger partial charge on any atom is -0.325 e. The highest BCUT2D eigenvalue weighted by Gasteiger charge is 2.30. The van der Waals surface area contributed by atoms with Gasteiger partial charge in [-0.2, -0.15) is 0 Å². The molecule has 134 valence electrons. The fourth-order valence-electron chi connectivity index (χ4n) is 3.39. The number of benzene rings is 1. The third-order valence-electron chi connectivity index (χ3n) is 4.61. The van der Waals surface area contributed by atoms with Gasteiger partial charge in [-0.1, -0.05) is 24.6 Å². The quantitative estimate of drug-likeness (QED) is 0.886. The maximum Gasteiger partial charge on any atom is 0.227 e. The molecule has 1 aromatic rings. The second kappa shape index (κ2) is 7.66. The standard InChI is InChI=1S/C18H28N2O3S/c1-5-10-24(22,23)20-8-6-16(7-9-20)18(21)19-17-14(3)11-13(2)12-15(17)4/h11-12,16H,5-10H2,1-4H3,(H,19,21). The van der Waals surface area contributed by atoms with E-state index >= 15 is 0 Å². The number of aryl methyl sites for hydroxylation is 3. The monoisotopic (exact) mass is 352 g/mol. The fourth-order valence-corrected chi connectivity index (χ4v) is 4.93. The van der Waals surface area contributed by atoms with Crippen molar-refractivity contribution in [2.45, 2.75) is 47.0 Å². The van der Waals surface area contributed by atoms with E-state index in [2.05, 4.69) is 17.4 Å². The second-order valence-corrected chi connectivity index (χ2v) is 8.84. The summed E-state index contributed by atoms with van der Waals surface area (Å²) in [7, 11) is -3.16. The number of nitrogens with one attached hydrogen (secondary N) is 1. The zero-order valence-electron chi connectivity index (χ0n) is 15.1. The summed E-state index contributed by atoms with van der Waals surface area (Å²) in [6.07, 6.45) is 1.78. The third kappa shape index (κ3) is 4.36. The van der Waals surface area contributed by atoms with Gasteiger partial charge in [-0.25, -0.2) is 12.7 Å². The molecular weight excluding hydrogens is 324 g/mol.